The molecule has 1 aliphatic heterocycles. The highest BCUT2D eigenvalue weighted by molar-refractivity contribution is 14.0. The normalized spacial score (nSPS) is 19.7. The molecule has 1 aliphatic carbocycles. The summed E-state index contributed by atoms with van der Waals surface area (Å²) >= 11 is 0. The Morgan fingerprint density at radius 2 is 2.00 bits per heavy atom. The van der Waals surface area contributed by atoms with Gasteiger partial charge in [0, 0.05) is 37.7 Å². The van der Waals surface area contributed by atoms with Gasteiger partial charge in [0.15, 0.2) is 5.96 Å². The van der Waals surface area contributed by atoms with Crippen molar-refractivity contribution in [3.8, 4) is 0 Å². The molecule has 9 heteroatoms. The quantitative estimate of drug-likeness (QED) is 0.200. The highest BCUT2D eigenvalue weighted by Gasteiger charge is 2.32. The average molecular weight is 515 g/mol. The molecular formula is C20H30IN5O3. The van der Waals surface area contributed by atoms with Crippen LogP contribution in [-0.2, 0) is 11.3 Å². The van der Waals surface area contributed by atoms with Crippen LogP contribution < -0.4 is 10.6 Å². The van der Waals surface area contributed by atoms with Gasteiger partial charge in [-0.25, -0.2) is 4.99 Å². The van der Waals surface area contributed by atoms with Gasteiger partial charge in [0.1, 0.15) is 0 Å². The van der Waals surface area contributed by atoms with E-state index in [9.17, 15) is 14.9 Å². The zero-order chi connectivity index (χ0) is 19.9. The standard InChI is InChI=1S/C20H29N5O3.HI/c1-2-21-20(22-13-16-9-5-6-10-18(16)25(27)28)23-17-11-12-24(14-17)19(26)15-7-3-4-8-15;/h5-6,9-10,15,17H,2-4,7-8,11-14H2,1H3,(H2,21,22,23);1H. The summed E-state index contributed by atoms with van der Waals surface area (Å²) in [6.07, 6.45) is 5.25. The molecule has 8 nitrogen and oxygen atoms in total. The fraction of sp³-hybridized carbons (Fsp3) is 0.600. The number of hydrogen-bond donors (Lipinski definition) is 2. The Kier molecular flexibility index (Phi) is 9.12. The fourth-order valence-corrected chi connectivity index (χ4v) is 4.01. The molecule has 1 atom stereocenters. The zero-order valence-electron chi connectivity index (χ0n) is 16.8. The first-order valence-corrected chi connectivity index (χ1v) is 10.1. The van der Waals surface area contributed by atoms with E-state index in [0.29, 0.717) is 30.5 Å². The Morgan fingerprint density at radius 1 is 1.28 bits per heavy atom. The van der Waals surface area contributed by atoms with E-state index in [-0.39, 0.29) is 53.1 Å². The summed E-state index contributed by atoms with van der Waals surface area (Å²) in [6, 6.07) is 6.80. The summed E-state index contributed by atoms with van der Waals surface area (Å²) in [5.41, 5.74) is 0.658. The third-order valence-corrected chi connectivity index (χ3v) is 5.49. The van der Waals surface area contributed by atoms with Crippen molar-refractivity contribution in [2.75, 3.05) is 19.6 Å². The van der Waals surface area contributed by atoms with Crippen LogP contribution in [0, 0.1) is 16.0 Å². The minimum atomic E-state index is -0.380. The smallest absolute Gasteiger partial charge is 0.274 e. The van der Waals surface area contributed by atoms with Crippen molar-refractivity contribution in [2.45, 2.75) is 51.6 Å². The van der Waals surface area contributed by atoms with Crippen LogP contribution >= 0.6 is 24.0 Å². The third-order valence-electron chi connectivity index (χ3n) is 5.49. The van der Waals surface area contributed by atoms with Gasteiger partial charge in [-0.15, -0.1) is 24.0 Å². The first-order valence-electron chi connectivity index (χ1n) is 10.1. The maximum atomic E-state index is 12.6. The molecule has 0 aromatic heterocycles. The van der Waals surface area contributed by atoms with Crippen LogP contribution in [-0.4, -0.2) is 47.4 Å². The number of nitrogens with zero attached hydrogens (tertiary/aromatic N) is 3. The van der Waals surface area contributed by atoms with Gasteiger partial charge in [-0.2, -0.15) is 0 Å². The molecule has 1 aromatic rings. The second kappa shape index (κ2) is 11.3. The van der Waals surface area contributed by atoms with Crippen LogP contribution in [0.2, 0.25) is 0 Å². The van der Waals surface area contributed by atoms with E-state index >= 15 is 0 Å². The first-order chi connectivity index (χ1) is 13.6. The maximum Gasteiger partial charge on any atom is 0.274 e. The van der Waals surface area contributed by atoms with Crippen molar-refractivity contribution >= 4 is 41.5 Å². The lowest BCUT2D eigenvalue weighted by molar-refractivity contribution is -0.385. The number of halogens is 1. The molecule has 2 aliphatic rings. The maximum absolute atomic E-state index is 12.6. The van der Waals surface area contributed by atoms with Gasteiger partial charge in [-0.1, -0.05) is 31.0 Å². The number of likely N-dealkylation sites (tertiary alicyclic amines) is 1. The van der Waals surface area contributed by atoms with Crippen LogP contribution in [0.5, 0.6) is 0 Å². The van der Waals surface area contributed by atoms with Crippen molar-refractivity contribution < 1.29 is 9.72 Å². The number of nitro groups is 1. The largest absolute Gasteiger partial charge is 0.357 e. The second-order valence-corrected chi connectivity index (χ2v) is 7.48. The number of nitro benzene ring substituents is 1. The van der Waals surface area contributed by atoms with Gasteiger partial charge >= 0.3 is 0 Å². The van der Waals surface area contributed by atoms with Crippen LogP contribution in [0.15, 0.2) is 29.3 Å². The SMILES string of the molecule is CCNC(=NCc1ccccc1[N+](=O)[O-])NC1CCN(C(=O)C2CCCC2)C1.I. The molecule has 3 rings (SSSR count). The number of carbonyl (C=O) groups is 1. The number of hydrogen-bond acceptors (Lipinski definition) is 4. The molecule has 0 spiro atoms. The second-order valence-electron chi connectivity index (χ2n) is 7.48. The zero-order valence-corrected chi connectivity index (χ0v) is 19.1. The molecule has 1 amide bonds. The lowest BCUT2D eigenvalue weighted by Gasteiger charge is -2.21. The summed E-state index contributed by atoms with van der Waals surface area (Å²) in [6.45, 7) is 4.36. The number of para-hydroxylation sites is 1. The third kappa shape index (κ3) is 6.28. The van der Waals surface area contributed by atoms with Crippen LogP contribution in [0.1, 0.15) is 44.6 Å². The number of guanidine groups is 1. The van der Waals surface area contributed by atoms with E-state index in [1.165, 1.54) is 6.07 Å². The van der Waals surface area contributed by atoms with Gasteiger partial charge < -0.3 is 15.5 Å². The molecule has 1 saturated carbocycles. The minimum absolute atomic E-state index is 0. The predicted molar refractivity (Wildman–Crippen MR) is 123 cm³/mol. The average Bonchev–Trinajstić information content (AvgIpc) is 3.38. The Morgan fingerprint density at radius 3 is 2.69 bits per heavy atom. The molecule has 2 N–H and O–H groups in total. The lowest BCUT2D eigenvalue weighted by Crippen LogP contribution is -2.45. The molecule has 29 heavy (non-hydrogen) atoms. The number of amides is 1. The first kappa shape index (κ1) is 23.4. The summed E-state index contributed by atoms with van der Waals surface area (Å²) in [7, 11) is 0. The van der Waals surface area contributed by atoms with Crippen molar-refractivity contribution in [3.05, 3.63) is 39.9 Å². The molecule has 1 saturated heterocycles. The number of rotatable bonds is 6. The summed E-state index contributed by atoms with van der Waals surface area (Å²) in [5, 5.41) is 17.7. The molecule has 2 fully saturated rings. The predicted octanol–water partition coefficient (Wildman–Crippen LogP) is 3.06. The topological polar surface area (TPSA) is 99.9 Å². The summed E-state index contributed by atoms with van der Waals surface area (Å²) < 4.78 is 0. The van der Waals surface area contributed by atoms with Crippen molar-refractivity contribution in [1.82, 2.24) is 15.5 Å². The van der Waals surface area contributed by atoms with Crippen molar-refractivity contribution in [3.63, 3.8) is 0 Å². The van der Waals surface area contributed by atoms with E-state index in [4.69, 9.17) is 0 Å². The Balaban J connectivity index is 0.00000300. The van der Waals surface area contributed by atoms with Gasteiger partial charge in [0.05, 0.1) is 17.0 Å². The lowest BCUT2D eigenvalue weighted by atomic mass is 10.1. The Bertz CT molecular complexity index is 737. The van der Waals surface area contributed by atoms with Crippen LogP contribution in [0.25, 0.3) is 0 Å². The van der Waals surface area contributed by atoms with E-state index in [1.807, 2.05) is 11.8 Å². The molecule has 0 radical (unpaired) electrons. The van der Waals surface area contributed by atoms with Gasteiger partial charge in [0.2, 0.25) is 5.91 Å². The Hall–Kier alpha value is -1.91. The minimum Gasteiger partial charge on any atom is -0.357 e. The Labute approximate surface area is 188 Å². The van der Waals surface area contributed by atoms with Gasteiger partial charge in [0.25, 0.3) is 5.69 Å². The summed E-state index contributed by atoms with van der Waals surface area (Å²) in [5.74, 6) is 1.13. The van der Waals surface area contributed by atoms with E-state index < -0.39 is 0 Å². The van der Waals surface area contributed by atoms with Gasteiger partial charge in [-0.3, -0.25) is 14.9 Å². The molecule has 1 heterocycles. The van der Waals surface area contributed by atoms with Crippen molar-refractivity contribution in [1.29, 1.82) is 0 Å². The van der Waals surface area contributed by atoms with Crippen LogP contribution in [0.4, 0.5) is 5.69 Å². The van der Waals surface area contributed by atoms with Gasteiger partial charge in [-0.05, 0) is 26.2 Å². The number of carbonyl (C=O) groups excluding carboxylic acids is 1. The molecule has 1 aromatic carbocycles. The monoisotopic (exact) mass is 515 g/mol. The highest BCUT2D eigenvalue weighted by Crippen LogP contribution is 2.27. The number of aliphatic imine (C=N–C) groups is 1. The molecule has 0 bridgehead atoms. The number of nitrogens with one attached hydrogen (secondary N) is 2. The molecular weight excluding hydrogens is 485 g/mol. The highest BCUT2D eigenvalue weighted by atomic mass is 127. The van der Waals surface area contributed by atoms with E-state index in [2.05, 4.69) is 15.6 Å². The molecule has 160 valence electrons. The van der Waals surface area contributed by atoms with Crippen LogP contribution in [0.3, 0.4) is 0 Å². The summed E-state index contributed by atoms with van der Waals surface area (Å²) in [4.78, 5) is 29.9. The molecule has 1 unspecified atom stereocenters. The number of benzene rings is 1. The van der Waals surface area contributed by atoms with E-state index in [1.54, 1.807) is 18.2 Å². The van der Waals surface area contributed by atoms with E-state index in [0.717, 1.165) is 38.6 Å². The van der Waals surface area contributed by atoms with Crippen molar-refractivity contribution in [2.24, 2.45) is 10.9 Å². The fourth-order valence-electron chi connectivity index (χ4n) is 4.01.